The summed E-state index contributed by atoms with van der Waals surface area (Å²) in [6.45, 7) is 4.56. The van der Waals surface area contributed by atoms with Gasteiger partial charge >= 0.3 is 0 Å². The number of rotatable bonds is 5. The molecule has 1 atom stereocenters. The minimum Gasteiger partial charge on any atom is -0.479 e. The van der Waals surface area contributed by atoms with Crippen molar-refractivity contribution in [1.29, 1.82) is 0 Å². The molecule has 0 bridgehead atoms. The smallest absolute Gasteiger partial charge is 0.239 e. The number of hydrogen-bond acceptors (Lipinski definition) is 4. The Kier molecular flexibility index (Phi) is 3.37. The summed E-state index contributed by atoms with van der Waals surface area (Å²) in [7, 11) is 5.73. The maximum absolute atomic E-state index is 5.37. The zero-order valence-electron chi connectivity index (χ0n) is 11.9. The molecule has 4 nitrogen and oxygen atoms in total. The third-order valence-corrected chi connectivity index (χ3v) is 4.01. The predicted octanol–water partition coefficient (Wildman–Crippen LogP) is 2.76. The fourth-order valence-electron chi connectivity index (χ4n) is 2.12. The number of nitrogens with zero attached hydrogens (tertiary/aromatic N) is 2. The minimum atomic E-state index is 0.421. The molecule has 2 rings (SSSR count). The molecule has 1 aliphatic rings. The van der Waals surface area contributed by atoms with E-state index in [1.54, 1.807) is 13.3 Å². The van der Waals surface area contributed by atoms with Crippen molar-refractivity contribution in [2.75, 3.05) is 31.4 Å². The summed E-state index contributed by atoms with van der Waals surface area (Å²) >= 11 is 0. The molecule has 1 aromatic heterocycles. The first-order chi connectivity index (χ1) is 8.48. The van der Waals surface area contributed by atoms with Crippen LogP contribution >= 0.6 is 0 Å². The Morgan fingerprint density at radius 1 is 1.44 bits per heavy atom. The number of pyridine rings is 1. The molecule has 1 aliphatic carbocycles. The second kappa shape index (κ2) is 4.67. The summed E-state index contributed by atoms with van der Waals surface area (Å²) in [6, 6.07) is 2.43. The lowest BCUT2D eigenvalue weighted by atomic mass is 10.0. The van der Waals surface area contributed by atoms with Crippen LogP contribution in [0.15, 0.2) is 12.3 Å². The van der Waals surface area contributed by atoms with Crippen LogP contribution < -0.4 is 15.0 Å². The molecule has 4 heteroatoms. The van der Waals surface area contributed by atoms with E-state index in [4.69, 9.17) is 4.74 Å². The second-order valence-corrected chi connectivity index (χ2v) is 5.63. The van der Waals surface area contributed by atoms with E-state index in [1.165, 1.54) is 12.8 Å². The Labute approximate surface area is 109 Å². The summed E-state index contributed by atoms with van der Waals surface area (Å²) in [6.07, 6.45) is 4.37. The summed E-state index contributed by atoms with van der Waals surface area (Å²) in [5.41, 5.74) is 2.52. The minimum absolute atomic E-state index is 0.421. The van der Waals surface area contributed by atoms with Crippen molar-refractivity contribution >= 4 is 11.4 Å². The molecule has 0 radical (unpaired) electrons. The van der Waals surface area contributed by atoms with Crippen LogP contribution in [0.25, 0.3) is 0 Å². The molecule has 1 aromatic rings. The largest absolute Gasteiger partial charge is 0.479 e. The zero-order valence-corrected chi connectivity index (χ0v) is 11.9. The van der Waals surface area contributed by atoms with E-state index in [1.807, 2.05) is 20.2 Å². The molecule has 0 aromatic carbocycles. The van der Waals surface area contributed by atoms with Crippen molar-refractivity contribution in [2.45, 2.75) is 32.7 Å². The number of ether oxygens (including phenoxy) is 1. The van der Waals surface area contributed by atoms with Crippen molar-refractivity contribution in [3.63, 3.8) is 0 Å². The first kappa shape index (κ1) is 13.0. The molecule has 1 saturated carbocycles. The monoisotopic (exact) mass is 249 g/mol. The average Bonchev–Trinajstić information content (AvgIpc) is 3.08. The lowest BCUT2D eigenvalue weighted by Crippen LogP contribution is -2.26. The summed E-state index contributed by atoms with van der Waals surface area (Å²) in [5.74, 6) is 0.664. The van der Waals surface area contributed by atoms with Crippen molar-refractivity contribution < 1.29 is 4.74 Å². The van der Waals surface area contributed by atoms with Gasteiger partial charge in [-0.25, -0.2) is 4.98 Å². The van der Waals surface area contributed by atoms with Gasteiger partial charge in [-0.15, -0.1) is 0 Å². The van der Waals surface area contributed by atoms with Gasteiger partial charge < -0.3 is 15.0 Å². The quantitative estimate of drug-likeness (QED) is 0.870. The van der Waals surface area contributed by atoms with Gasteiger partial charge in [-0.05, 0) is 31.2 Å². The van der Waals surface area contributed by atoms with Crippen molar-refractivity contribution in [2.24, 2.45) is 5.41 Å². The summed E-state index contributed by atoms with van der Waals surface area (Å²) in [4.78, 5) is 6.36. The molecule has 0 saturated heterocycles. The van der Waals surface area contributed by atoms with Crippen molar-refractivity contribution in [3.05, 3.63) is 12.3 Å². The number of hydrogen-bond donors (Lipinski definition) is 1. The molecule has 0 spiro atoms. The summed E-state index contributed by atoms with van der Waals surface area (Å²) in [5, 5.41) is 3.58. The Morgan fingerprint density at radius 3 is 2.61 bits per heavy atom. The van der Waals surface area contributed by atoms with Gasteiger partial charge in [0.1, 0.15) is 5.69 Å². The molecule has 1 fully saturated rings. The second-order valence-electron chi connectivity index (χ2n) is 5.63. The number of aromatic nitrogens is 1. The Balaban J connectivity index is 2.29. The highest BCUT2D eigenvalue weighted by molar-refractivity contribution is 5.74. The lowest BCUT2D eigenvalue weighted by Gasteiger charge is -2.26. The van der Waals surface area contributed by atoms with E-state index in [9.17, 15) is 0 Å². The topological polar surface area (TPSA) is 37.4 Å². The maximum Gasteiger partial charge on any atom is 0.239 e. The van der Waals surface area contributed by atoms with Crippen LogP contribution in [0.5, 0.6) is 5.88 Å². The standard InChI is InChI=1S/C14H23N3O/c1-10(14(2)7-8-14)16-12-11(17(3)4)6-9-15-13(12)18-5/h6,9-10,16H,7-8H2,1-5H3. The predicted molar refractivity (Wildman–Crippen MR) is 75.5 cm³/mol. The van der Waals surface area contributed by atoms with Crippen LogP contribution in [-0.2, 0) is 0 Å². The first-order valence-corrected chi connectivity index (χ1v) is 6.45. The normalized spacial score (nSPS) is 18.1. The van der Waals surface area contributed by atoms with Gasteiger partial charge in [-0.2, -0.15) is 0 Å². The van der Waals surface area contributed by atoms with Gasteiger partial charge in [0.15, 0.2) is 0 Å². The van der Waals surface area contributed by atoms with E-state index in [0.717, 1.165) is 11.4 Å². The lowest BCUT2D eigenvalue weighted by molar-refractivity contribution is 0.397. The van der Waals surface area contributed by atoms with Crippen molar-refractivity contribution in [1.82, 2.24) is 4.98 Å². The van der Waals surface area contributed by atoms with E-state index in [0.29, 0.717) is 17.3 Å². The van der Waals surface area contributed by atoms with Crippen LogP contribution in [0.2, 0.25) is 0 Å². The van der Waals surface area contributed by atoms with Crippen LogP contribution in [-0.4, -0.2) is 32.2 Å². The zero-order chi connectivity index (χ0) is 13.3. The number of nitrogens with one attached hydrogen (secondary N) is 1. The van der Waals surface area contributed by atoms with E-state index in [2.05, 4.69) is 29.0 Å². The number of methoxy groups -OCH3 is 1. The Bertz CT molecular complexity index is 427. The molecular weight excluding hydrogens is 226 g/mol. The molecule has 18 heavy (non-hydrogen) atoms. The van der Waals surface area contributed by atoms with Crippen LogP contribution in [0, 0.1) is 5.41 Å². The molecular formula is C14H23N3O. The third kappa shape index (κ3) is 2.37. The van der Waals surface area contributed by atoms with Gasteiger partial charge in [0.25, 0.3) is 0 Å². The third-order valence-electron chi connectivity index (χ3n) is 4.01. The van der Waals surface area contributed by atoms with Gasteiger partial charge in [-0.3, -0.25) is 0 Å². The van der Waals surface area contributed by atoms with Gasteiger partial charge in [0.2, 0.25) is 5.88 Å². The van der Waals surface area contributed by atoms with E-state index < -0.39 is 0 Å². The fourth-order valence-corrected chi connectivity index (χ4v) is 2.12. The van der Waals surface area contributed by atoms with Gasteiger partial charge in [0.05, 0.1) is 12.8 Å². The van der Waals surface area contributed by atoms with Crippen LogP contribution in [0.4, 0.5) is 11.4 Å². The average molecular weight is 249 g/mol. The molecule has 0 aliphatic heterocycles. The number of anilines is 2. The van der Waals surface area contributed by atoms with Crippen LogP contribution in [0.3, 0.4) is 0 Å². The first-order valence-electron chi connectivity index (χ1n) is 6.45. The van der Waals surface area contributed by atoms with E-state index >= 15 is 0 Å². The highest BCUT2D eigenvalue weighted by atomic mass is 16.5. The Hall–Kier alpha value is -1.45. The Morgan fingerprint density at radius 2 is 2.11 bits per heavy atom. The van der Waals surface area contributed by atoms with Crippen LogP contribution in [0.1, 0.15) is 26.7 Å². The molecule has 1 unspecified atom stereocenters. The fraction of sp³-hybridized carbons (Fsp3) is 0.643. The SMILES string of the molecule is COc1nccc(N(C)C)c1NC(C)C1(C)CC1. The molecule has 1 N–H and O–H groups in total. The molecule has 0 amide bonds. The van der Waals surface area contributed by atoms with E-state index in [-0.39, 0.29) is 0 Å². The summed E-state index contributed by atoms with van der Waals surface area (Å²) < 4.78 is 5.37. The highest BCUT2D eigenvalue weighted by Gasteiger charge is 2.43. The van der Waals surface area contributed by atoms with Gasteiger partial charge in [-0.1, -0.05) is 6.92 Å². The molecule has 100 valence electrons. The van der Waals surface area contributed by atoms with Gasteiger partial charge in [0, 0.05) is 26.3 Å². The highest BCUT2D eigenvalue weighted by Crippen LogP contribution is 2.49. The van der Waals surface area contributed by atoms with Crippen molar-refractivity contribution in [3.8, 4) is 5.88 Å². The molecule has 1 heterocycles. The maximum atomic E-state index is 5.37.